The zero-order chi connectivity index (χ0) is 21.6. The van der Waals surface area contributed by atoms with E-state index in [2.05, 4.69) is 55.3 Å². The summed E-state index contributed by atoms with van der Waals surface area (Å²) in [6.45, 7) is 4.55. The van der Waals surface area contributed by atoms with Crippen LogP contribution < -0.4 is 5.32 Å². The van der Waals surface area contributed by atoms with Crippen LogP contribution in [0.4, 0.5) is 4.79 Å². The summed E-state index contributed by atoms with van der Waals surface area (Å²) in [5.41, 5.74) is 5.79. The Morgan fingerprint density at radius 2 is 1.48 bits per heavy atom. The minimum Gasteiger partial charge on any atom is -0.449 e. The molecule has 1 aliphatic carbocycles. The van der Waals surface area contributed by atoms with Crippen molar-refractivity contribution in [3.63, 3.8) is 0 Å². The van der Waals surface area contributed by atoms with Gasteiger partial charge in [0.05, 0.1) is 6.04 Å². The molecule has 0 aromatic heterocycles. The number of carbonyl (C=O) groups excluding carboxylic acids is 1. The molecule has 0 bridgehead atoms. The van der Waals surface area contributed by atoms with Gasteiger partial charge in [0.2, 0.25) is 0 Å². The summed E-state index contributed by atoms with van der Waals surface area (Å²) in [6.07, 6.45) is 0.346. The van der Waals surface area contributed by atoms with Gasteiger partial charge in [-0.2, -0.15) is 0 Å². The van der Waals surface area contributed by atoms with E-state index in [0.29, 0.717) is 12.5 Å². The lowest BCUT2D eigenvalue weighted by Gasteiger charge is -2.18. The molecule has 3 aromatic carbocycles. The summed E-state index contributed by atoms with van der Waals surface area (Å²) in [4.78, 5) is 12.6. The van der Waals surface area contributed by atoms with Gasteiger partial charge < -0.3 is 10.1 Å². The predicted octanol–water partition coefficient (Wildman–Crippen LogP) is 5.99. The smallest absolute Gasteiger partial charge is 0.408 e. The number of hydrogen-bond donors (Lipinski definition) is 1. The van der Waals surface area contributed by atoms with Gasteiger partial charge >= 0.3 is 6.09 Å². The molecule has 3 heteroatoms. The Bertz CT molecular complexity index is 1060. The molecule has 1 atom stereocenters. The molecule has 1 N–H and O–H groups in total. The van der Waals surface area contributed by atoms with Gasteiger partial charge in [0.15, 0.2) is 0 Å². The van der Waals surface area contributed by atoms with Crippen molar-refractivity contribution in [1.29, 1.82) is 0 Å². The van der Waals surface area contributed by atoms with E-state index in [4.69, 9.17) is 4.74 Å². The molecule has 0 radical (unpaired) electrons. The van der Waals surface area contributed by atoms with E-state index >= 15 is 0 Å². The summed E-state index contributed by atoms with van der Waals surface area (Å²) >= 11 is 0. The topological polar surface area (TPSA) is 38.3 Å². The first-order valence-corrected chi connectivity index (χ1v) is 10.8. The fourth-order valence-electron chi connectivity index (χ4n) is 4.10. The highest BCUT2D eigenvalue weighted by atomic mass is 16.5. The van der Waals surface area contributed by atoms with Crippen molar-refractivity contribution in [2.24, 2.45) is 5.92 Å². The van der Waals surface area contributed by atoms with Gasteiger partial charge in [-0.05, 0) is 46.7 Å². The second-order valence-corrected chi connectivity index (χ2v) is 8.29. The SMILES string of the molecule is CC(C)CC(C#Cc1ccccc1)NC(=O)OCC1c2ccccc2-c2ccccc21. The Balaban J connectivity index is 1.44. The molecular weight excluding hydrogens is 382 g/mol. The molecule has 0 aliphatic heterocycles. The van der Waals surface area contributed by atoms with Gasteiger partial charge in [0.25, 0.3) is 0 Å². The molecular formula is C28H27NO2. The number of rotatable bonds is 5. The molecule has 0 heterocycles. The molecule has 3 aromatic rings. The maximum absolute atomic E-state index is 12.6. The Morgan fingerprint density at radius 3 is 2.10 bits per heavy atom. The second-order valence-electron chi connectivity index (χ2n) is 8.29. The fraction of sp³-hybridized carbons (Fsp3) is 0.250. The van der Waals surface area contributed by atoms with Gasteiger partial charge in [-0.1, -0.05) is 92.4 Å². The van der Waals surface area contributed by atoms with E-state index in [-0.39, 0.29) is 12.0 Å². The molecule has 1 aliphatic rings. The number of ether oxygens (including phenoxy) is 1. The van der Waals surface area contributed by atoms with Crippen LogP contribution in [0.15, 0.2) is 78.9 Å². The third-order valence-corrected chi connectivity index (χ3v) is 5.51. The molecule has 0 saturated carbocycles. The molecule has 31 heavy (non-hydrogen) atoms. The number of hydrogen-bond acceptors (Lipinski definition) is 2. The third kappa shape index (κ3) is 4.98. The number of amides is 1. The zero-order valence-corrected chi connectivity index (χ0v) is 18.0. The monoisotopic (exact) mass is 409 g/mol. The molecule has 156 valence electrons. The van der Waals surface area contributed by atoms with Crippen LogP contribution >= 0.6 is 0 Å². The number of carbonyl (C=O) groups is 1. The summed E-state index contributed by atoms with van der Waals surface area (Å²) in [6, 6.07) is 26.2. The van der Waals surface area contributed by atoms with Crippen molar-refractivity contribution in [3.05, 3.63) is 95.6 Å². The van der Waals surface area contributed by atoms with Gasteiger partial charge in [-0.3, -0.25) is 0 Å². The summed E-state index contributed by atoms with van der Waals surface area (Å²) in [7, 11) is 0. The van der Waals surface area contributed by atoms with Crippen molar-refractivity contribution >= 4 is 6.09 Å². The van der Waals surface area contributed by atoms with Gasteiger partial charge in [0.1, 0.15) is 6.61 Å². The lowest BCUT2D eigenvalue weighted by Crippen LogP contribution is -2.36. The quantitative estimate of drug-likeness (QED) is 0.526. The highest BCUT2D eigenvalue weighted by molar-refractivity contribution is 5.79. The van der Waals surface area contributed by atoms with Crippen LogP contribution in [0.1, 0.15) is 42.9 Å². The zero-order valence-electron chi connectivity index (χ0n) is 18.0. The number of benzene rings is 3. The number of nitrogens with one attached hydrogen (secondary N) is 1. The minimum atomic E-state index is -0.421. The minimum absolute atomic E-state index is 0.0529. The van der Waals surface area contributed by atoms with Crippen molar-refractivity contribution in [1.82, 2.24) is 5.32 Å². The normalized spacial score (nSPS) is 13.0. The Labute approximate surface area is 184 Å². The highest BCUT2D eigenvalue weighted by Gasteiger charge is 2.29. The lowest BCUT2D eigenvalue weighted by atomic mass is 9.98. The first-order valence-electron chi connectivity index (χ1n) is 10.8. The highest BCUT2D eigenvalue weighted by Crippen LogP contribution is 2.44. The predicted molar refractivity (Wildman–Crippen MR) is 125 cm³/mol. The van der Waals surface area contributed by atoms with E-state index in [0.717, 1.165) is 12.0 Å². The first kappa shape index (κ1) is 20.8. The van der Waals surface area contributed by atoms with E-state index in [1.807, 2.05) is 54.6 Å². The summed E-state index contributed by atoms with van der Waals surface area (Å²) < 4.78 is 5.69. The lowest BCUT2D eigenvalue weighted by molar-refractivity contribution is 0.140. The molecule has 0 saturated heterocycles. The third-order valence-electron chi connectivity index (χ3n) is 5.51. The molecule has 4 rings (SSSR count). The van der Waals surface area contributed by atoms with Gasteiger partial charge in [-0.15, -0.1) is 0 Å². The summed E-state index contributed by atoms with van der Waals surface area (Å²) in [5.74, 6) is 6.81. The standard InChI is InChI=1S/C28H27NO2/c1-20(2)18-22(17-16-21-10-4-3-5-11-21)29-28(30)31-19-27-25-14-8-6-12-23(25)24-13-7-9-15-26(24)27/h3-15,20,22,27H,18-19H2,1-2H3,(H,29,30). The van der Waals surface area contributed by atoms with E-state index in [9.17, 15) is 4.79 Å². The van der Waals surface area contributed by atoms with E-state index < -0.39 is 6.09 Å². The van der Waals surface area contributed by atoms with Crippen LogP contribution in [0, 0.1) is 17.8 Å². The van der Waals surface area contributed by atoms with Crippen LogP contribution in [0.2, 0.25) is 0 Å². The maximum Gasteiger partial charge on any atom is 0.408 e. The van der Waals surface area contributed by atoms with Crippen LogP contribution in [0.25, 0.3) is 11.1 Å². The van der Waals surface area contributed by atoms with Crippen molar-refractivity contribution in [3.8, 4) is 23.0 Å². The van der Waals surface area contributed by atoms with E-state index in [1.54, 1.807) is 0 Å². The average Bonchev–Trinajstić information content (AvgIpc) is 3.10. The molecule has 1 unspecified atom stereocenters. The van der Waals surface area contributed by atoms with Gasteiger partial charge in [0, 0.05) is 11.5 Å². The molecule has 0 spiro atoms. The number of fused-ring (bicyclic) bond motifs is 3. The average molecular weight is 410 g/mol. The van der Waals surface area contributed by atoms with Gasteiger partial charge in [-0.25, -0.2) is 4.79 Å². The van der Waals surface area contributed by atoms with Crippen LogP contribution in [-0.2, 0) is 4.74 Å². The molecule has 3 nitrogen and oxygen atoms in total. The largest absolute Gasteiger partial charge is 0.449 e. The van der Waals surface area contributed by atoms with Crippen LogP contribution in [0.5, 0.6) is 0 Å². The number of alkyl carbamates (subject to hydrolysis) is 1. The summed E-state index contributed by atoms with van der Waals surface area (Å²) in [5, 5.41) is 2.96. The van der Waals surface area contributed by atoms with Crippen molar-refractivity contribution in [2.45, 2.75) is 32.2 Å². The Hall–Kier alpha value is -3.51. The fourth-order valence-corrected chi connectivity index (χ4v) is 4.10. The molecule has 0 fully saturated rings. The van der Waals surface area contributed by atoms with Crippen molar-refractivity contribution < 1.29 is 9.53 Å². The maximum atomic E-state index is 12.6. The first-order chi connectivity index (χ1) is 15.1. The van der Waals surface area contributed by atoms with E-state index in [1.165, 1.54) is 22.3 Å². The molecule has 1 amide bonds. The Kier molecular flexibility index (Phi) is 6.38. The Morgan fingerprint density at radius 1 is 0.903 bits per heavy atom. The van der Waals surface area contributed by atoms with Crippen molar-refractivity contribution in [2.75, 3.05) is 6.61 Å². The van der Waals surface area contributed by atoms with Crippen LogP contribution in [-0.4, -0.2) is 18.7 Å². The van der Waals surface area contributed by atoms with Crippen LogP contribution in [0.3, 0.4) is 0 Å². The second kappa shape index (κ2) is 9.53.